The van der Waals surface area contributed by atoms with Crippen LogP contribution in [-0.2, 0) is 19.1 Å². The van der Waals surface area contributed by atoms with Gasteiger partial charge in [-0.25, -0.2) is 0 Å². The van der Waals surface area contributed by atoms with Gasteiger partial charge in [0.15, 0.2) is 0 Å². The summed E-state index contributed by atoms with van der Waals surface area (Å²) in [5.41, 5.74) is -0.266. The molecule has 0 radical (unpaired) electrons. The summed E-state index contributed by atoms with van der Waals surface area (Å²) in [6.07, 6.45) is 1.91. The minimum atomic E-state index is -0.271. The van der Waals surface area contributed by atoms with Crippen molar-refractivity contribution in [2.75, 3.05) is 59.0 Å². The SMILES string of the molecule is CC(=O)N1CCC(N(CCN2CCOCC2)C(=O)C2CC(=O)N(C(C)(C)C)C2)CC1. The van der Waals surface area contributed by atoms with Crippen molar-refractivity contribution in [2.24, 2.45) is 5.92 Å². The normalized spacial score (nSPS) is 24.4. The van der Waals surface area contributed by atoms with Crippen LogP contribution >= 0.6 is 0 Å². The van der Waals surface area contributed by atoms with E-state index >= 15 is 0 Å². The third-order valence-electron chi connectivity index (χ3n) is 6.68. The van der Waals surface area contributed by atoms with Crippen LogP contribution in [0.15, 0.2) is 0 Å². The lowest BCUT2D eigenvalue weighted by molar-refractivity contribution is -0.140. The maximum atomic E-state index is 13.6. The fourth-order valence-electron chi connectivity index (χ4n) is 4.79. The summed E-state index contributed by atoms with van der Waals surface area (Å²) >= 11 is 0. The van der Waals surface area contributed by atoms with E-state index in [0.29, 0.717) is 32.6 Å². The van der Waals surface area contributed by atoms with E-state index in [1.807, 2.05) is 35.5 Å². The molecule has 0 spiro atoms. The molecule has 0 bridgehead atoms. The van der Waals surface area contributed by atoms with Crippen molar-refractivity contribution in [3.05, 3.63) is 0 Å². The van der Waals surface area contributed by atoms with Crippen LogP contribution in [0.2, 0.25) is 0 Å². The van der Waals surface area contributed by atoms with Gasteiger partial charge in [0, 0.05) is 70.7 Å². The zero-order chi connectivity index (χ0) is 21.9. The molecular weight excluding hydrogens is 384 g/mol. The van der Waals surface area contributed by atoms with Crippen LogP contribution in [-0.4, -0.2) is 108 Å². The van der Waals surface area contributed by atoms with Gasteiger partial charge in [0.1, 0.15) is 0 Å². The molecule has 3 amide bonds. The summed E-state index contributed by atoms with van der Waals surface area (Å²) in [6.45, 7) is 14.3. The van der Waals surface area contributed by atoms with Gasteiger partial charge in [0.25, 0.3) is 0 Å². The smallest absolute Gasteiger partial charge is 0.228 e. The molecule has 0 aromatic rings. The Hall–Kier alpha value is -1.67. The molecule has 1 unspecified atom stereocenters. The maximum absolute atomic E-state index is 13.6. The van der Waals surface area contributed by atoms with Crippen molar-refractivity contribution in [2.45, 2.75) is 58.5 Å². The Labute approximate surface area is 180 Å². The van der Waals surface area contributed by atoms with Crippen molar-refractivity contribution in [3.8, 4) is 0 Å². The zero-order valence-electron chi connectivity index (χ0n) is 19.1. The van der Waals surface area contributed by atoms with Crippen LogP contribution in [0.5, 0.6) is 0 Å². The van der Waals surface area contributed by atoms with Gasteiger partial charge < -0.3 is 19.4 Å². The van der Waals surface area contributed by atoms with Crippen molar-refractivity contribution < 1.29 is 19.1 Å². The van der Waals surface area contributed by atoms with Crippen molar-refractivity contribution >= 4 is 17.7 Å². The zero-order valence-corrected chi connectivity index (χ0v) is 19.1. The van der Waals surface area contributed by atoms with E-state index < -0.39 is 0 Å². The molecule has 0 aromatic heterocycles. The van der Waals surface area contributed by atoms with E-state index in [4.69, 9.17) is 4.74 Å². The number of amides is 3. The summed E-state index contributed by atoms with van der Waals surface area (Å²) in [5.74, 6) is -0.000819. The van der Waals surface area contributed by atoms with E-state index in [1.54, 1.807) is 6.92 Å². The van der Waals surface area contributed by atoms with Gasteiger partial charge in [-0.15, -0.1) is 0 Å². The Balaban J connectivity index is 1.67. The molecule has 0 saturated carbocycles. The van der Waals surface area contributed by atoms with E-state index in [0.717, 1.165) is 45.7 Å². The monoisotopic (exact) mass is 422 g/mol. The van der Waals surface area contributed by atoms with E-state index in [-0.39, 0.29) is 35.2 Å². The average Bonchev–Trinajstić information content (AvgIpc) is 3.11. The molecule has 0 aromatic carbocycles. The van der Waals surface area contributed by atoms with Gasteiger partial charge in [0.05, 0.1) is 19.1 Å². The molecule has 8 heteroatoms. The standard InChI is InChI=1S/C22H38N4O4/c1-17(27)24-7-5-19(6-8-24)25(10-9-23-11-13-30-14-12-23)21(29)18-15-20(28)26(16-18)22(2,3)4/h18-19H,5-16H2,1-4H3. The Morgan fingerprint density at radius 2 is 1.73 bits per heavy atom. The van der Waals surface area contributed by atoms with E-state index in [1.165, 1.54) is 0 Å². The summed E-state index contributed by atoms with van der Waals surface area (Å²) in [4.78, 5) is 45.9. The maximum Gasteiger partial charge on any atom is 0.228 e. The van der Waals surface area contributed by atoms with E-state index in [9.17, 15) is 14.4 Å². The summed E-state index contributed by atoms with van der Waals surface area (Å²) in [7, 11) is 0. The number of ether oxygens (including phenoxy) is 1. The number of hydrogen-bond donors (Lipinski definition) is 0. The van der Waals surface area contributed by atoms with Crippen LogP contribution < -0.4 is 0 Å². The second-order valence-corrected chi connectivity index (χ2v) is 9.80. The second kappa shape index (κ2) is 9.64. The van der Waals surface area contributed by atoms with Gasteiger partial charge in [-0.05, 0) is 33.6 Å². The molecule has 3 heterocycles. The molecule has 30 heavy (non-hydrogen) atoms. The Kier molecular flexibility index (Phi) is 7.39. The molecule has 0 aliphatic carbocycles. The summed E-state index contributed by atoms with van der Waals surface area (Å²) in [6, 6.07) is 0.132. The number of morpholine rings is 1. The molecule has 3 rings (SSSR count). The number of piperidine rings is 1. The number of hydrogen-bond acceptors (Lipinski definition) is 5. The molecular formula is C22H38N4O4. The predicted molar refractivity (Wildman–Crippen MR) is 114 cm³/mol. The molecule has 3 aliphatic rings. The average molecular weight is 423 g/mol. The van der Waals surface area contributed by atoms with Gasteiger partial charge in [-0.2, -0.15) is 0 Å². The molecule has 1 atom stereocenters. The number of nitrogens with zero attached hydrogens (tertiary/aromatic N) is 4. The highest BCUT2D eigenvalue weighted by atomic mass is 16.5. The van der Waals surface area contributed by atoms with Crippen LogP contribution in [0.1, 0.15) is 47.0 Å². The van der Waals surface area contributed by atoms with Gasteiger partial charge in [-0.1, -0.05) is 0 Å². The van der Waals surface area contributed by atoms with Crippen LogP contribution in [0, 0.1) is 5.92 Å². The first kappa shape index (κ1) is 23.0. The van der Waals surface area contributed by atoms with Crippen LogP contribution in [0.4, 0.5) is 0 Å². The number of carbonyl (C=O) groups is 3. The van der Waals surface area contributed by atoms with Gasteiger partial charge >= 0.3 is 0 Å². The number of likely N-dealkylation sites (tertiary alicyclic amines) is 2. The predicted octanol–water partition coefficient (Wildman–Crippen LogP) is 0.805. The lowest BCUT2D eigenvalue weighted by Crippen LogP contribution is -2.53. The summed E-state index contributed by atoms with van der Waals surface area (Å²) < 4.78 is 5.44. The summed E-state index contributed by atoms with van der Waals surface area (Å²) in [5, 5.41) is 0. The Morgan fingerprint density at radius 3 is 2.27 bits per heavy atom. The fraction of sp³-hybridized carbons (Fsp3) is 0.864. The van der Waals surface area contributed by atoms with Crippen LogP contribution in [0.3, 0.4) is 0 Å². The van der Waals surface area contributed by atoms with Crippen molar-refractivity contribution in [1.29, 1.82) is 0 Å². The Morgan fingerprint density at radius 1 is 1.10 bits per heavy atom. The number of carbonyl (C=O) groups excluding carboxylic acids is 3. The lowest BCUT2D eigenvalue weighted by Gasteiger charge is -2.40. The number of rotatable bonds is 5. The first-order chi connectivity index (χ1) is 14.2. The first-order valence-electron chi connectivity index (χ1n) is 11.3. The highest BCUT2D eigenvalue weighted by Crippen LogP contribution is 2.29. The highest BCUT2D eigenvalue weighted by Gasteiger charge is 2.42. The molecule has 3 saturated heterocycles. The molecule has 0 N–H and O–H groups in total. The third-order valence-corrected chi connectivity index (χ3v) is 6.68. The largest absolute Gasteiger partial charge is 0.379 e. The van der Waals surface area contributed by atoms with Crippen molar-refractivity contribution in [1.82, 2.24) is 19.6 Å². The topological polar surface area (TPSA) is 73.4 Å². The minimum absolute atomic E-state index is 0.0698. The van der Waals surface area contributed by atoms with E-state index in [2.05, 4.69) is 4.90 Å². The minimum Gasteiger partial charge on any atom is -0.379 e. The first-order valence-corrected chi connectivity index (χ1v) is 11.3. The molecule has 8 nitrogen and oxygen atoms in total. The Bertz CT molecular complexity index is 634. The second-order valence-electron chi connectivity index (χ2n) is 9.80. The van der Waals surface area contributed by atoms with Crippen molar-refractivity contribution in [3.63, 3.8) is 0 Å². The lowest BCUT2D eigenvalue weighted by atomic mass is 9.99. The molecule has 3 fully saturated rings. The molecule has 170 valence electrons. The van der Waals surface area contributed by atoms with Crippen LogP contribution in [0.25, 0.3) is 0 Å². The van der Waals surface area contributed by atoms with Gasteiger partial charge in [-0.3, -0.25) is 19.3 Å². The fourth-order valence-corrected chi connectivity index (χ4v) is 4.79. The van der Waals surface area contributed by atoms with Gasteiger partial charge in [0.2, 0.25) is 17.7 Å². The molecule has 3 aliphatic heterocycles. The highest BCUT2D eigenvalue weighted by molar-refractivity contribution is 5.89. The quantitative estimate of drug-likeness (QED) is 0.655. The third kappa shape index (κ3) is 5.52.